The van der Waals surface area contributed by atoms with Gasteiger partial charge in [-0.3, -0.25) is 9.69 Å². The Morgan fingerprint density at radius 1 is 1.41 bits per heavy atom. The fraction of sp³-hybridized carbons (Fsp3) is 0.556. The fourth-order valence-electron chi connectivity index (χ4n) is 2.88. The van der Waals surface area contributed by atoms with E-state index in [4.69, 9.17) is 10.3 Å². The minimum atomic E-state index is -0.795. The average Bonchev–Trinajstić information content (AvgIpc) is 2.99. The Kier molecular flexibility index (Phi) is 6.63. The number of benzene rings is 1. The highest BCUT2D eigenvalue weighted by molar-refractivity contribution is 5.86. The van der Waals surface area contributed by atoms with E-state index < -0.39 is 23.8 Å². The van der Waals surface area contributed by atoms with Crippen LogP contribution >= 0.6 is 0 Å². The molecular formula is C18H24FN5O3. The number of azide groups is 1. The molecule has 0 aromatic heterocycles. The first-order chi connectivity index (χ1) is 12.7. The van der Waals surface area contributed by atoms with Crippen molar-refractivity contribution < 1.29 is 18.7 Å². The first kappa shape index (κ1) is 20.5. The van der Waals surface area contributed by atoms with Crippen LogP contribution in [0.1, 0.15) is 32.8 Å². The molecule has 2 atom stereocenters. The standard InChI is InChI=1S/C18H24FN5O3/c1-18(2,3)27-17(26)24-11-13(22-23-20)10-15(24)16(25)21-9-8-12-6-4-5-7-14(12)19/h4-7,13,15H,8-11H2,1-3H3,(H,21,25)/t13-,15-/m0/s1. The Labute approximate surface area is 157 Å². The van der Waals surface area contributed by atoms with Crippen LogP contribution in [0.15, 0.2) is 29.4 Å². The van der Waals surface area contributed by atoms with Crippen molar-refractivity contribution in [2.75, 3.05) is 13.1 Å². The maximum atomic E-state index is 13.6. The molecule has 0 aliphatic carbocycles. The highest BCUT2D eigenvalue weighted by Gasteiger charge is 2.41. The van der Waals surface area contributed by atoms with Crippen molar-refractivity contribution in [1.29, 1.82) is 0 Å². The number of carbonyl (C=O) groups is 2. The second-order valence-corrected chi connectivity index (χ2v) is 7.38. The lowest BCUT2D eigenvalue weighted by atomic mass is 10.1. The van der Waals surface area contributed by atoms with E-state index in [0.29, 0.717) is 12.0 Å². The van der Waals surface area contributed by atoms with Crippen LogP contribution in [0, 0.1) is 5.82 Å². The van der Waals surface area contributed by atoms with E-state index in [9.17, 15) is 14.0 Å². The van der Waals surface area contributed by atoms with Gasteiger partial charge in [0, 0.05) is 18.0 Å². The number of halogens is 1. The summed E-state index contributed by atoms with van der Waals surface area (Å²) >= 11 is 0. The van der Waals surface area contributed by atoms with Gasteiger partial charge in [-0.2, -0.15) is 0 Å². The quantitative estimate of drug-likeness (QED) is 0.484. The Bertz CT molecular complexity index is 743. The second-order valence-electron chi connectivity index (χ2n) is 7.38. The molecule has 0 radical (unpaired) electrons. The number of ether oxygens (including phenoxy) is 1. The summed E-state index contributed by atoms with van der Waals surface area (Å²) < 4.78 is 19.0. The van der Waals surface area contributed by atoms with Gasteiger partial charge in [0.05, 0.1) is 6.04 Å². The Hall–Kier alpha value is -2.80. The summed E-state index contributed by atoms with van der Waals surface area (Å²) in [5, 5.41) is 6.35. The number of amides is 2. The number of hydrogen-bond acceptors (Lipinski definition) is 4. The molecule has 1 heterocycles. The van der Waals surface area contributed by atoms with E-state index in [-0.39, 0.29) is 31.2 Å². The van der Waals surface area contributed by atoms with Gasteiger partial charge in [-0.15, -0.1) is 0 Å². The number of nitrogens with zero attached hydrogens (tertiary/aromatic N) is 4. The van der Waals surface area contributed by atoms with E-state index in [1.54, 1.807) is 39.0 Å². The number of hydrogen-bond donors (Lipinski definition) is 1. The van der Waals surface area contributed by atoms with Crippen molar-refractivity contribution in [2.45, 2.75) is 51.3 Å². The van der Waals surface area contributed by atoms with Gasteiger partial charge in [-0.25, -0.2) is 9.18 Å². The molecule has 0 saturated carbocycles. The van der Waals surface area contributed by atoms with Crippen molar-refractivity contribution >= 4 is 12.0 Å². The van der Waals surface area contributed by atoms with Gasteiger partial charge >= 0.3 is 6.09 Å². The molecule has 1 aromatic rings. The summed E-state index contributed by atoms with van der Waals surface area (Å²) in [4.78, 5) is 29.0. The number of nitrogens with one attached hydrogen (secondary N) is 1. The summed E-state index contributed by atoms with van der Waals surface area (Å²) in [5.41, 5.74) is 8.44. The van der Waals surface area contributed by atoms with Crippen molar-refractivity contribution in [3.05, 3.63) is 46.1 Å². The maximum Gasteiger partial charge on any atom is 0.410 e. The van der Waals surface area contributed by atoms with Crippen LogP contribution in [0.3, 0.4) is 0 Å². The van der Waals surface area contributed by atoms with Crippen molar-refractivity contribution in [3.63, 3.8) is 0 Å². The van der Waals surface area contributed by atoms with Gasteiger partial charge < -0.3 is 10.1 Å². The lowest BCUT2D eigenvalue weighted by Gasteiger charge is -2.28. The fourth-order valence-corrected chi connectivity index (χ4v) is 2.88. The molecule has 9 heteroatoms. The Morgan fingerprint density at radius 2 is 2.11 bits per heavy atom. The summed E-state index contributed by atoms with van der Waals surface area (Å²) in [5.74, 6) is -0.709. The van der Waals surface area contributed by atoms with Crippen LogP contribution < -0.4 is 5.32 Å². The molecule has 0 bridgehead atoms. The third-order valence-corrected chi connectivity index (χ3v) is 4.08. The van der Waals surface area contributed by atoms with Crippen molar-refractivity contribution in [1.82, 2.24) is 10.2 Å². The lowest BCUT2D eigenvalue weighted by molar-refractivity contribution is -0.125. The maximum absolute atomic E-state index is 13.6. The van der Waals surface area contributed by atoms with Crippen molar-refractivity contribution in [3.8, 4) is 0 Å². The Morgan fingerprint density at radius 3 is 2.74 bits per heavy atom. The van der Waals surface area contributed by atoms with Crippen LogP contribution in [0.5, 0.6) is 0 Å². The van der Waals surface area contributed by atoms with Gasteiger partial charge in [0.15, 0.2) is 0 Å². The van der Waals surface area contributed by atoms with Crippen LogP contribution in [0.25, 0.3) is 10.4 Å². The van der Waals surface area contributed by atoms with Crippen molar-refractivity contribution in [2.24, 2.45) is 5.11 Å². The molecule has 146 valence electrons. The van der Waals surface area contributed by atoms with E-state index in [2.05, 4.69) is 15.3 Å². The van der Waals surface area contributed by atoms with E-state index in [1.165, 1.54) is 11.0 Å². The summed E-state index contributed by atoms with van der Waals surface area (Å²) in [6.45, 7) is 5.54. The molecule has 2 amide bonds. The first-order valence-electron chi connectivity index (χ1n) is 8.76. The third-order valence-electron chi connectivity index (χ3n) is 4.08. The highest BCUT2D eigenvalue weighted by atomic mass is 19.1. The predicted octanol–water partition coefficient (Wildman–Crippen LogP) is 3.17. The second kappa shape index (κ2) is 8.73. The normalized spacial score (nSPS) is 19.3. The minimum absolute atomic E-state index is 0.115. The molecule has 1 aliphatic heterocycles. The van der Waals surface area contributed by atoms with Crippen LogP contribution in [-0.2, 0) is 16.0 Å². The van der Waals surface area contributed by atoms with Crippen LogP contribution in [-0.4, -0.2) is 47.7 Å². The average molecular weight is 377 g/mol. The first-order valence-corrected chi connectivity index (χ1v) is 8.76. The van der Waals surface area contributed by atoms with Gasteiger partial charge in [0.2, 0.25) is 5.91 Å². The van der Waals surface area contributed by atoms with E-state index in [0.717, 1.165) is 0 Å². The molecule has 1 fully saturated rings. The molecule has 0 unspecified atom stereocenters. The summed E-state index contributed by atoms with van der Waals surface area (Å²) in [6, 6.07) is 5.06. The zero-order valence-electron chi connectivity index (χ0n) is 15.7. The van der Waals surface area contributed by atoms with Crippen LogP contribution in [0.4, 0.5) is 9.18 Å². The molecule has 1 saturated heterocycles. The Balaban J connectivity index is 2.00. The highest BCUT2D eigenvalue weighted by Crippen LogP contribution is 2.23. The number of likely N-dealkylation sites (tertiary alicyclic amines) is 1. The lowest BCUT2D eigenvalue weighted by Crippen LogP contribution is -2.47. The molecule has 0 spiro atoms. The van der Waals surface area contributed by atoms with Gasteiger partial charge in [0.25, 0.3) is 0 Å². The molecule has 1 aromatic carbocycles. The van der Waals surface area contributed by atoms with E-state index >= 15 is 0 Å². The van der Waals surface area contributed by atoms with E-state index in [1.807, 2.05) is 0 Å². The monoisotopic (exact) mass is 377 g/mol. The SMILES string of the molecule is CC(C)(C)OC(=O)N1C[C@@H](N=[N+]=[N-])C[C@H]1C(=O)NCCc1ccccc1F. The predicted molar refractivity (Wildman–Crippen MR) is 97.4 cm³/mol. The number of rotatable bonds is 5. The van der Waals surface area contributed by atoms with Crippen LogP contribution in [0.2, 0.25) is 0 Å². The third kappa shape index (κ3) is 5.86. The molecule has 2 rings (SSSR count). The summed E-state index contributed by atoms with van der Waals surface area (Å²) in [7, 11) is 0. The molecule has 1 aliphatic rings. The molecule has 8 nitrogen and oxygen atoms in total. The van der Waals surface area contributed by atoms with Gasteiger partial charge in [-0.1, -0.05) is 23.3 Å². The number of carbonyl (C=O) groups excluding carboxylic acids is 2. The van der Waals surface area contributed by atoms with Gasteiger partial charge in [-0.05, 0) is 50.8 Å². The largest absolute Gasteiger partial charge is 0.444 e. The smallest absolute Gasteiger partial charge is 0.410 e. The summed E-state index contributed by atoms with van der Waals surface area (Å²) in [6.07, 6.45) is -0.0842. The molecular weight excluding hydrogens is 353 g/mol. The molecule has 27 heavy (non-hydrogen) atoms. The zero-order valence-corrected chi connectivity index (χ0v) is 15.7. The minimum Gasteiger partial charge on any atom is -0.444 e. The topological polar surface area (TPSA) is 107 Å². The molecule has 1 N–H and O–H groups in total. The van der Waals surface area contributed by atoms with Gasteiger partial charge in [0.1, 0.15) is 17.5 Å². The zero-order chi connectivity index (χ0) is 20.0.